The van der Waals surface area contributed by atoms with Gasteiger partial charge in [0.25, 0.3) is 0 Å². The standard InChI is InChI=1S/C11H16FN3O/c1-6-3-10(9(13)5-8(6)12)15-7(2)4-11(14)16/h3,5,7,15H,4,13H2,1-2H3,(H2,14,16). The van der Waals surface area contributed by atoms with Gasteiger partial charge in [0.2, 0.25) is 5.91 Å². The van der Waals surface area contributed by atoms with Gasteiger partial charge in [-0.2, -0.15) is 0 Å². The summed E-state index contributed by atoms with van der Waals surface area (Å²) in [5.41, 5.74) is 12.2. The summed E-state index contributed by atoms with van der Waals surface area (Å²) in [7, 11) is 0. The molecule has 88 valence electrons. The van der Waals surface area contributed by atoms with Gasteiger partial charge in [-0.3, -0.25) is 4.79 Å². The Balaban J connectivity index is 2.81. The lowest BCUT2D eigenvalue weighted by atomic mass is 10.1. The fraction of sp³-hybridized carbons (Fsp3) is 0.364. The summed E-state index contributed by atoms with van der Waals surface area (Å²) >= 11 is 0. The third-order valence-corrected chi connectivity index (χ3v) is 2.24. The lowest BCUT2D eigenvalue weighted by molar-refractivity contribution is -0.118. The number of benzene rings is 1. The number of primary amides is 1. The summed E-state index contributed by atoms with van der Waals surface area (Å²) in [6.07, 6.45) is 0.204. The van der Waals surface area contributed by atoms with E-state index in [4.69, 9.17) is 11.5 Å². The van der Waals surface area contributed by atoms with Gasteiger partial charge in [-0.1, -0.05) is 0 Å². The minimum Gasteiger partial charge on any atom is -0.397 e. The maximum absolute atomic E-state index is 13.1. The topological polar surface area (TPSA) is 81.1 Å². The molecule has 0 aliphatic heterocycles. The van der Waals surface area contributed by atoms with E-state index in [2.05, 4.69) is 5.32 Å². The van der Waals surface area contributed by atoms with Crippen LogP contribution in [-0.2, 0) is 4.79 Å². The van der Waals surface area contributed by atoms with E-state index in [1.165, 1.54) is 6.07 Å². The molecule has 0 saturated heterocycles. The third kappa shape index (κ3) is 3.12. The van der Waals surface area contributed by atoms with Crippen LogP contribution in [0.5, 0.6) is 0 Å². The molecular formula is C11H16FN3O. The number of hydrogen-bond acceptors (Lipinski definition) is 3. The minimum absolute atomic E-state index is 0.135. The molecule has 1 unspecified atom stereocenters. The van der Waals surface area contributed by atoms with E-state index in [0.29, 0.717) is 16.9 Å². The maximum atomic E-state index is 13.1. The average molecular weight is 225 g/mol. The lowest BCUT2D eigenvalue weighted by Gasteiger charge is -2.16. The van der Waals surface area contributed by atoms with Crippen LogP contribution in [0, 0.1) is 12.7 Å². The molecule has 4 nitrogen and oxygen atoms in total. The zero-order chi connectivity index (χ0) is 12.3. The van der Waals surface area contributed by atoms with E-state index in [1.54, 1.807) is 13.0 Å². The SMILES string of the molecule is Cc1cc(NC(C)CC(N)=O)c(N)cc1F. The first kappa shape index (κ1) is 12.3. The van der Waals surface area contributed by atoms with Crippen LogP contribution in [0.2, 0.25) is 0 Å². The Kier molecular flexibility index (Phi) is 3.71. The van der Waals surface area contributed by atoms with Crippen LogP contribution in [0.4, 0.5) is 15.8 Å². The van der Waals surface area contributed by atoms with Crippen molar-refractivity contribution in [3.05, 3.63) is 23.5 Å². The highest BCUT2D eigenvalue weighted by molar-refractivity contribution is 5.75. The number of aryl methyl sites for hydroxylation is 1. The van der Waals surface area contributed by atoms with E-state index in [1.807, 2.05) is 6.92 Å². The Morgan fingerprint density at radius 2 is 2.19 bits per heavy atom. The average Bonchev–Trinajstić information content (AvgIpc) is 2.12. The highest BCUT2D eigenvalue weighted by Gasteiger charge is 2.09. The molecule has 5 heteroatoms. The normalized spacial score (nSPS) is 12.2. The molecule has 0 saturated carbocycles. The summed E-state index contributed by atoms with van der Waals surface area (Å²) in [6.45, 7) is 3.46. The number of nitrogen functional groups attached to an aromatic ring is 1. The number of nitrogens with one attached hydrogen (secondary N) is 1. The smallest absolute Gasteiger partial charge is 0.219 e. The van der Waals surface area contributed by atoms with Crippen molar-refractivity contribution in [2.75, 3.05) is 11.1 Å². The molecule has 16 heavy (non-hydrogen) atoms. The van der Waals surface area contributed by atoms with Crippen LogP contribution in [0.15, 0.2) is 12.1 Å². The molecule has 5 N–H and O–H groups in total. The molecule has 0 spiro atoms. The largest absolute Gasteiger partial charge is 0.397 e. The van der Waals surface area contributed by atoms with Gasteiger partial charge in [0, 0.05) is 12.5 Å². The summed E-state index contributed by atoms with van der Waals surface area (Å²) in [6, 6.07) is 2.74. The summed E-state index contributed by atoms with van der Waals surface area (Å²) < 4.78 is 13.1. The molecule has 0 aromatic heterocycles. The van der Waals surface area contributed by atoms with Crippen LogP contribution in [0.25, 0.3) is 0 Å². The quantitative estimate of drug-likeness (QED) is 0.677. The summed E-state index contributed by atoms with van der Waals surface area (Å²) in [5, 5.41) is 3.02. The zero-order valence-electron chi connectivity index (χ0n) is 9.38. The first-order valence-corrected chi connectivity index (χ1v) is 5.00. The molecule has 0 bridgehead atoms. The molecule has 1 rings (SSSR count). The monoisotopic (exact) mass is 225 g/mol. The Hall–Kier alpha value is -1.78. The predicted molar refractivity (Wildman–Crippen MR) is 62.4 cm³/mol. The van der Waals surface area contributed by atoms with Crippen molar-refractivity contribution in [3.63, 3.8) is 0 Å². The molecule has 0 aliphatic carbocycles. The molecule has 0 radical (unpaired) electrons. The number of carbonyl (C=O) groups is 1. The van der Waals surface area contributed by atoms with Gasteiger partial charge in [0.15, 0.2) is 0 Å². The number of halogens is 1. The summed E-state index contributed by atoms with van der Waals surface area (Å²) in [4.78, 5) is 10.7. The van der Waals surface area contributed by atoms with Crippen LogP contribution >= 0.6 is 0 Å². The van der Waals surface area contributed by atoms with Crippen molar-refractivity contribution in [1.82, 2.24) is 0 Å². The third-order valence-electron chi connectivity index (χ3n) is 2.24. The lowest BCUT2D eigenvalue weighted by Crippen LogP contribution is -2.24. The molecular weight excluding hydrogens is 209 g/mol. The van der Waals surface area contributed by atoms with Crippen molar-refractivity contribution in [3.8, 4) is 0 Å². The second kappa shape index (κ2) is 4.83. The van der Waals surface area contributed by atoms with Crippen molar-refractivity contribution >= 4 is 17.3 Å². The van der Waals surface area contributed by atoms with Crippen LogP contribution in [-0.4, -0.2) is 11.9 Å². The first-order valence-electron chi connectivity index (χ1n) is 5.00. The van der Waals surface area contributed by atoms with Crippen molar-refractivity contribution in [2.24, 2.45) is 5.73 Å². The van der Waals surface area contributed by atoms with Crippen molar-refractivity contribution < 1.29 is 9.18 Å². The van der Waals surface area contributed by atoms with E-state index >= 15 is 0 Å². The van der Waals surface area contributed by atoms with E-state index in [-0.39, 0.29) is 18.3 Å². The molecule has 1 amide bonds. The molecule has 0 aliphatic rings. The van der Waals surface area contributed by atoms with Gasteiger partial charge in [-0.15, -0.1) is 0 Å². The van der Waals surface area contributed by atoms with Crippen LogP contribution in [0.3, 0.4) is 0 Å². The zero-order valence-corrected chi connectivity index (χ0v) is 9.38. The molecule has 0 fully saturated rings. The predicted octanol–water partition coefficient (Wildman–Crippen LogP) is 1.39. The number of carbonyl (C=O) groups excluding carboxylic acids is 1. The maximum Gasteiger partial charge on any atom is 0.219 e. The van der Waals surface area contributed by atoms with Gasteiger partial charge in [0.1, 0.15) is 5.82 Å². The number of nitrogens with two attached hydrogens (primary N) is 2. The minimum atomic E-state index is -0.391. The van der Waals surface area contributed by atoms with Gasteiger partial charge < -0.3 is 16.8 Å². The second-order valence-corrected chi connectivity index (χ2v) is 3.90. The van der Waals surface area contributed by atoms with E-state index < -0.39 is 5.91 Å². The Labute approximate surface area is 93.8 Å². The fourth-order valence-corrected chi connectivity index (χ4v) is 1.44. The van der Waals surface area contributed by atoms with Crippen molar-refractivity contribution in [1.29, 1.82) is 0 Å². The second-order valence-electron chi connectivity index (χ2n) is 3.90. The van der Waals surface area contributed by atoms with Gasteiger partial charge in [-0.05, 0) is 31.5 Å². The van der Waals surface area contributed by atoms with Crippen LogP contribution in [0.1, 0.15) is 18.9 Å². The number of rotatable bonds is 4. The van der Waals surface area contributed by atoms with Gasteiger partial charge >= 0.3 is 0 Å². The Bertz CT molecular complexity index is 406. The number of anilines is 2. The van der Waals surface area contributed by atoms with E-state index in [9.17, 15) is 9.18 Å². The number of amides is 1. The fourth-order valence-electron chi connectivity index (χ4n) is 1.44. The van der Waals surface area contributed by atoms with Crippen LogP contribution < -0.4 is 16.8 Å². The first-order chi connectivity index (χ1) is 7.40. The number of hydrogen-bond donors (Lipinski definition) is 3. The summed E-state index contributed by atoms with van der Waals surface area (Å²) in [5.74, 6) is -0.733. The highest BCUT2D eigenvalue weighted by atomic mass is 19.1. The van der Waals surface area contributed by atoms with Gasteiger partial charge in [-0.25, -0.2) is 4.39 Å². The van der Waals surface area contributed by atoms with E-state index in [0.717, 1.165) is 0 Å². The highest BCUT2D eigenvalue weighted by Crippen LogP contribution is 2.23. The Morgan fingerprint density at radius 3 is 2.75 bits per heavy atom. The van der Waals surface area contributed by atoms with Gasteiger partial charge in [0.05, 0.1) is 11.4 Å². The molecule has 1 aromatic rings. The Morgan fingerprint density at radius 1 is 1.56 bits per heavy atom. The molecule has 0 heterocycles. The molecule has 1 aromatic carbocycles. The molecule has 1 atom stereocenters. The van der Waals surface area contributed by atoms with Crippen molar-refractivity contribution in [2.45, 2.75) is 26.3 Å².